The molecule has 1 nitrogen and oxygen atoms in total. The van der Waals surface area contributed by atoms with Crippen LogP contribution in [-0.2, 0) is 5.54 Å². The van der Waals surface area contributed by atoms with E-state index < -0.39 is 5.54 Å². The zero-order valence-corrected chi connectivity index (χ0v) is 12.5. The van der Waals surface area contributed by atoms with Crippen LogP contribution in [0.1, 0.15) is 40.3 Å². The number of rotatable bonds is 2. The van der Waals surface area contributed by atoms with Crippen LogP contribution in [0.2, 0.25) is 0 Å². The first-order valence-corrected chi connectivity index (χ1v) is 6.76. The van der Waals surface area contributed by atoms with Gasteiger partial charge in [-0.25, -0.2) is 0 Å². The molecule has 2 rings (SSSR count). The van der Waals surface area contributed by atoms with Crippen molar-refractivity contribution in [3.63, 3.8) is 0 Å². The van der Waals surface area contributed by atoms with Crippen molar-refractivity contribution < 1.29 is 0 Å². The molecule has 0 spiro atoms. The Labute approximate surface area is 116 Å². The molecule has 100 valence electrons. The van der Waals surface area contributed by atoms with Crippen molar-refractivity contribution in [2.75, 3.05) is 0 Å². The average Bonchev–Trinajstić information content (AvgIpc) is 2.35. The van der Waals surface area contributed by atoms with Gasteiger partial charge in [0, 0.05) is 0 Å². The summed E-state index contributed by atoms with van der Waals surface area (Å²) in [6.45, 7) is 10.6. The molecule has 0 heterocycles. The lowest BCUT2D eigenvalue weighted by molar-refractivity contribution is 0.593. The number of benzene rings is 2. The van der Waals surface area contributed by atoms with Gasteiger partial charge in [0.2, 0.25) is 0 Å². The maximum atomic E-state index is 6.70. The van der Waals surface area contributed by atoms with Gasteiger partial charge in [-0.3, -0.25) is 0 Å². The molecule has 0 aromatic heterocycles. The normalized spacial score (nSPS) is 11.7. The topological polar surface area (TPSA) is 26.0 Å². The molecule has 0 saturated carbocycles. The summed E-state index contributed by atoms with van der Waals surface area (Å²) in [5.74, 6) is 0. The van der Waals surface area contributed by atoms with E-state index in [4.69, 9.17) is 5.73 Å². The van der Waals surface area contributed by atoms with E-state index >= 15 is 0 Å². The van der Waals surface area contributed by atoms with Crippen LogP contribution in [0.5, 0.6) is 0 Å². The lowest BCUT2D eigenvalue weighted by Crippen LogP contribution is -2.36. The summed E-state index contributed by atoms with van der Waals surface area (Å²) in [5.41, 5.74) is 13.7. The first-order chi connectivity index (χ1) is 8.82. The van der Waals surface area contributed by atoms with Crippen LogP contribution in [0.25, 0.3) is 0 Å². The lowest BCUT2D eigenvalue weighted by Gasteiger charge is -2.30. The van der Waals surface area contributed by atoms with Crippen LogP contribution in [0, 0.1) is 27.7 Å². The smallest absolute Gasteiger partial charge is 0.0642 e. The Bertz CT molecular complexity index is 556. The standard InChI is InChI=1S/C18H23N/c1-12-6-8-14(3)16(10-12)18(5,19)17-11-13(2)7-9-15(17)4/h6-11H,19H2,1-5H3. The van der Waals surface area contributed by atoms with Crippen LogP contribution < -0.4 is 5.73 Å². The van der Waals surface area contributed by atoms with Crippen molar-refractivity contribution >= 4 is 0 Å². The third kappa shape index (κ3) is 2.57. The van der Waals surface area contributed by atoms with Gasteiger partial charge in [-0.1, -0.05) is 47.5 Å². The summed E-state index contributed by atoms with van der Waals surface area (Å²) in [4.78, 5) is 0. The molecule has 0 saturated heterocycles. The fraction of sp³-hybridized carbons (Fsp3) is 0.333. The number of hydrogen-bond acceptors (Lipinski definition) is 1. The third-order valence-corrected chi connectivity index (χ3v) is 3.91. The van der Waals surface area contributed by atoms with Gasteiger partial charge >= 0.3 is 0 Å². The molecule has 1 heteroatoms. The summed E-state index contributed by atoms with van der Waals surface area (Å²) in [5, 5.41) is 0. The maximum Gasteiger partial charge on any atom is 0.0642 e. The first-order valence-electron chi connectivity index (χ1n) is 6.76. The molecular weight excluding hydrogens is 230 g/mol. The molecule has 2 aromatic rings. The first kappa shape index (κ1) is 13.8. The monoisotopic (exact) mass is 253 g/mol. The van der Waals surface area contributed by atoms with E-state index in [2.05, 4.69) is 71.0 Å². The van der Waals surface area contributed by atoms with Crippen LogP contribution in [0.3, 0.4) is 0 Å². The highest BCUT2D eigenvalue weighted by Crippen LogP contribution is 2.32. The highest BCUT2D eigenvalue weighted by Gasteiger charge is 2.27. The number of nitrogens with two attached hydrogens (primary N) is 1. The largest absolute Gasteiger partial charge is 0.318 e. The van der Waals surface area contributed by atoms with Crippen molar-refractivity contribution in [1.82, 2.24) is 0 Å². The van der Waals surface area contributed by atoms with E-state index in [1.807, 2.05) is 0 Å². The van der Waals surface area contributed by atoms with Gasteiger partial charge in [0.05, 0.1) is 5.54 Å². The SMILES string of the molecule is Cc1ccc(C)c(C(C)(N)c2cc(C)ccc2C)c1. The Balaban J connectivity index is 2.64. The summed E-state index contributed by atoms with van der Waals surface area (Å²) < 4.78 is 0. The predicted octanol–water partition coefficient (Wildman–Crippen LogP) is 4.14. The second kappa shape index (κ2) is 4.82. The molecule has 0 aliphatic rings. The molecule has 0 aliphatic carbocycles. The van der Waals surface area contributed by atoms with Crippen LogP contribution in [0.4, 0.5) is 0 Å². The Morgan fingerprint density at radius 3 is 1.47 bits per heavy atom. The molecule has 0 amide bonds. The molecule has 0 aliphatic heterocycles. The fourth-order valence-electron chi connectivity index (χ4n) is 2.74. The minimum atomic E-state index is -0.452. The van der Waals surface area contributed by atoms with E-state index in [-0.39, 0.29) is 0 Å². The zero-order valence-electron chi connectivity index (χ0n) is 12.5. The summed E-state index contributed by atoms with van der Waals surface area (Å²) >= 11 is 0. The highest BCUT2D eigenvalue weighted by atomic mass is 14.7. The molecule has 2 N–H and O–H groups in total. The van der Waals surface area contributed by atoms with Gasteiger partial charge in [0.25, 0.3) is 0 Å². The van der Waals surface area contributed by atoms with E-state index in [0.29, 0.717) is 0 Å². The van der Waals surface area contributed by atoms with Crippen molar-refractivity contribution in [2.24, 2.45) is 5.73 Å². The Kier molecular flexibility index (Phi) is 3.51. The molecular formula is C18H23N. The van der Waals surface area contributed by atoms with Gasteiger partial charge in [-0.15, -0.1) is 0 Å². The molecule has 0 atom stereocenters. The predicted molar refractivity (Wildman–Crippen MR) is 82.5 cm³/mol. The van der Waals surface area contributed by atoms with Gasteiger partial charge in [0.15, 0.2) is 0 Å². The summed E-state index contributed by atoms with van der Waals surface area (Å²) in [6, 6.07) is 13.0. The Hall–Kier alpha value is -1.60. The molecule has 0 radical (unpaired) electrons. The second-order valence-electron chi connectivity index (χ2n) is 5.84. The van der Waals surface area contributed by atoms with E-state index in [1.54, 1.807) is 0 Å². The number of hydrogen-bond donors (Lipinski definition) is 1. The number of aryl methyl sites for hydroxylation is 4. The van der Waals surface area contributed by atoms with Gasteiger partial charge in [0.1, 0.15) is 0 Å². The Morgan fingerprint density at radius 1 is 0.737 bits per heavy atom. The molecule has 0 bridgehead atoms. The molecule has 2 aromatic carbocycles. The van der Waals surface area contributed by atoms with E-state index in [1.165, 1.54) is 33.4 Å². The van der Waals surface area contributed by atoms with E-state index in [0.717, 1.165) is 0 Å². The molecule has 19 heavy (non-hydrogen) atoms. The maximum absolute atomic E-state index is 6.70. The average molecular weight is 253 g/mol. The summed E-state index contributed by atoms with van der Waals surface area (Å²) in [6.07, 6.45) is 0. The van der Waals surface area contributed by atoms with Crippen molar-refractivity contribution in [3.8, 4) is 0 Å². The van der Waals surface area contributed by atoms with Crippen LogP contribution in [0.15, 0.2) is 36.4 Å². The summed E-state index contributed by atoms with van der Waals surface area (Å²) in [7, 11) is 0. The van der Waals surface area contributed by atoms with Crippen LogP contribution >= 0.6 is 0 Å². The second-order valence-corrected chi connectivity index (χ2v) is 5.84. The van der Waals surface area contributed by atoms with Gasteiger partial charge in [-0.05, 0) is 56.9 Å². The quantitative estimate of drug-likeness (QED) is 0.855. The van der Waals surface area contributed by atoms with Crippen molar-refractivity contribution in [2.45, 2.75) is 40.2 Å². The molecule has 0 unspecified atom stereocenters. The lowest BCUT2D eigenvalue weighted by atomic mass is 9.80. The van der Waals surface area contributed by atoms with Gasteiger partial charge in [-0.2, -0.15) is 0 Å². The third-order valence-electron chi connectivity index (χ3n) is 3.91. The zero-order chi connectivity index (χ0) is 14.2. The minimum absolute atomic E-state index is 0.452. The highest BCUT2D eigenvalue weighted by molar-refractivity contribution is 5.46. The minimum Gasteiger partial charge on any atom is -0.318 e. The van der Waals surface area contributed by atoms with E-state index in [9.17, 15) is 0 Å². The Morgan fingerprint density at radius 2 is 1.11 bits per heavy atom. The van der Waals surface area contributed by atoms with Crippen molar-refractivity contribution in [3.05, 3.63) is 69.8 Å². The van der Waals surface area contributed by atoms with Gasteiger partial charge < -0.3 is 5.73 Å². The molecule has 0 fully saturated rings. The van der Waals surface area contributed by atoms with Crippen LogP contribution in [-0.4, -0.2) is 0 Å². The van der Waals surface area contributed by atoms with Crippen molar-refractivity contribution in [1.29, 1.82) is 0 Å². The fourth-order valence-corrected chi connectivity index (χ4v) is 2.74.